The van der Waals surface area contributed by atoms with Crippen molar-refractivity contribution in [3.63, 3.8) is 0 Å². The Labute approximate surface area is 98.4 Å². The van der Waals surface area contributed by atoms with Crippen LogP contribution in [0.4, 0.5) is 0 Å². The summed E-state index contributed by atoms with van der Waals surface area (Å²) in [5.41, 5.74) is 0.839. The first-order valence-corrected chi connectivity index (χ1v) is 6.28. The van der Waals surface area contributed by atoms with Crippen molar-refractivity contribution < 1.29 is 4.79 Å². The van der Waals surface area contributed by atoms with Crippen molar-refractivity contribution in [3.8, 4) is 0 Å². The van der Waals surface area contributed by atoms with Gasteiger partial charge in [-0.3, -0.25) is 10.1 Å². The monoisotopic (exact) mass is 238 g/mol. The first-order chi connectivity index (χ1) is 7.75. The van der Waals surface area contributed by atoms with E-state index < -0.39 is 0 Å². The second kappa shape index (κ2) is 5.27. The fraction of sp³-hybridized carbons (Fsp3) is 0.500. The molecule has 6 heteroatoms. The largest absolute Gasteiger partial charge is 0.349 e. The second-order valence-electron chi connectivity index (χ2n) is 3.58. The van der Waals surface area contributed by atoms with E-state index in [1.54, 1.807) is 18.0 Å². The highest BCUT2D eigenvalue weighted by Crippen LogP contribution is 2.09. The smallest absolute Gasteiger partial charge is 0.238 e. The van der Waals surface area contributed by atoms with Gasteiger partial charge in [0.1, 0.15) is 5.82 Å². The minimum Gasteiger partial charge on any atom is -0.349 e. The van der Waals surface area contributed by atoms with Gasteiger partial charge < -0.3 is 5.32 Å². The van der Waals surface area contributed by atoms with E-state index >= 15 is 0 Å². The second-order valence-corrected chi connectivity index (χ2v) is 4.62. The molecule has 2 heterocycles. The summed E-state index contributed by atoms with van der Waals surface area (Å²) in [5.74, 6) is 2.46. The molecule has 1 aromatic heterocycles. The first-order valence-electron chi connectivity index (χ1n) is 5.13. The zero-order valence-electron chi connectivity index (χ0n) is 9.06. The zero-order chi connectivity index (χ0) is 11.4. The molecule has 1 amide bonds. The van der Waals surface area contributed by atoms with E-state index in [4.69, 9.17) is 0 Å². The molecule has 1 saturated heterocycles. The van der Waals surface area contributed by atoms with Crippen LogP contribution in [0.5, 0.6) is 0 Å². The maximum Gasteiger partial charge on any atom is 0.238 e. The van der Waals surface area contributed by atoms with Crippen LogP contribution in [0.3, 0.4) is 0 Å². The van der Waals surface area contributed by atoms with Gasteiger partial charge >= 0.3 is 0 Å². The molecule has 1 atom stereocenters. The zero-order valence-corrected chi connectivity index (χ0v) is 9.88. The number of hydrogen-bond acceptors (Lipinski definition) is 5. The summed E-state index contributed by atoms with van der Waals surface area (Å²) < 4.78 is 0. The molecule has 16 heavy (non-hydrogen) atoms. The Morgan fingerprint density at radius 2 is 2.62 bits per heavy atom. The summed E-state index contributed by atoms with van der Waals surface area (Å²) in [6.07, 6.45) is 1.70. The van der Waals surface area contributed by atoms with E-state index in [1.165, 1.54) is 0 Å². The van der Waals surface area contributed by atoms with E-state index in [0.29, 0.717) is 6.54 Å². The Balaban J connectivity index is 1.84. The Morgan fingerprint density at radius 1 is 1.75 bits per heavy atom. The first kappa shape index (κ1) is 11.3. The molecule has 1 aliphatic rings. The number of nitrogens with zero attached hydrogens (tertiary/aromatic N) is 2. The highest BCUT2D eigenvalue weighted by molar-refractivity contribution is 7.99. The van der Waals surface area contributed by atoms with Crippen LogP contribution in [0, 0.1) is 6.92 Å². The van der Waals surface area contributed by atoms with Crippen LogP contribution in [0.15, 0.2) is 12.3 Å². The van der Waals surface area contributed by atoms with Crippen LogP contribution in [0.1, 0.15) is 11.5 Å². The summed E-state index contributed by atoms with van der Waals surface area (Å²) in [6.45, 7) is 2.30. The van der Waals surface area contributed by atoms with Gasteiger partial charge in [0.05, 0.1) is 18.3 Å². The predicted molar refractivity (Wildman–Crippen MR) is 62.9 cm³/mol. The summed E-state index contributed by atoms with van der Waals surface area (Å²) in [5, 5.41) is 5.99. The standard InChI is InChI=1S/C10H14N4OS/c1-7-11-3-2-8(14-7)4-12-10(15)9-5-16-6-13-9/h2-3,9,13H,4-6H2,1H3,(H,12,15). The van der Waals surface area contributed by atoms with Crippen molar-refractivity contribution in [1.29, 1.82) is 0 Å². The molecule has 0 spiro atoms. The van der Waals surface area contributed by atoms with Gasteiger partial charge in [0.15, 0.2) is 0 Å². The number of amides is 1. The van der Waals surface area contributed by atoms with Crippen LogP contribution in [0.25, 0.3) is 0 Å². The van der Waals surface area contributed by atoms with Crippen LogP contribution in [-0.2, 0) is 11.3 Å². The van der Waals surface area contributed by atoms with E-state index in [1.807, 2.05) is 13.0 Å². The van der Waals surface area contributed by atoms with Crippen LogP contribution in [0.2, 0.25) is 0 Å². The molecule has 0 bridgehead atoms. The molecule has 2 N–H and O–H groups in total. The van der Waals surface area contributed by atoms with Gasteiger partial charge in [-0.25, -0.2) is 9.97 Å². The Morgan fingerprint density at radius 3 is 3.31 bits per heavy atom. The molecule has 86 valence electrons. The summed E-state index contributed by atoms with van der Waals surface area (Å²) >= 11 is 1.74. The maximum atomic E-state index is 11.7. The Bertz CT molecular complexity index is 379. The Kier molecular flexibility index (Phi) is 3.74. The van der Waals surface area contributed by atoms with Gasteiger partial charge in [-0.05, 0) is 13.0 Å². The third-order valence-electron chi connectivity index (χ3n) is 2.31. The minimum atomic E-state index is -0.0621. The van der Waals surface area contributed by atoms with Crippen molar-refractivity contribution >= 4 is 17.7 Å². The number of rotatable bonds is 3. The third kappa shape index (κ3) is 2.93. The molecule has 0 radical (unpaired) electrons. The topological polar surface area (TPSA) is 66.9 Å². The lowest BCUT2D eigenvalue weighted by Gasteiger charge is -2.09. The quantitative estimate of drug-likeness (QED) is 0.779. The van der Waals surface area contributed by atoms with Crippen molar-refractivity contribution in [2.75, 3.05) is 11.6 Å². The van der Waals surface area contributed by atoms with Gasteiger partial charge in [0, 0.05) is 17.8 Å². The van der Waals surface area contributed by atoms with Crippen molar-refractivity contribution in [2.45, 2.75) is 19.5 Å². The molecule has 0 aromatic carbocycles. The molecule has 0 saturated carbocycles. The van der Waals surface area contributed by atoms with Gasteiger partial charge in [-0.1, -0.05) is 0 Å². The minimum absolute atomic E-state index is 0.0428. The lowest BCUT2D eigenvalue weighted by molar-refractivity contribution is -0.122. The summed E-state index contributed by atoms with van der Waals surface area (Å²) in [6, 6.07) is 1.75. The lowest BCUT2D eigenvalue weighted by atomic mass is 10.3. The number of hydrogen-bond donors (Lipinski definition) is 2. The van der Waals surface area contributed by atoms with Crippen molar-refractivity contribution in [1.82, 2.24) is 20.6 Å². The fourth-order valence-corrected chi connectivity index (χ4v) is 2.41. The molecule has 1 unspecified atom stereocenters. The number of aryl methyl sites for hydroxylation is 1. The maximum absolute atomic E-state index is 11.7. The highest BCUT2D eigenvalue weighted by Gasteiger charge is 2.21. The van der Waals surface area contributed by atoms with Gasteiger partial charge in [0.25, 0.3) is 0 Å². The van der Waals surface area contributed by atoms with Crippen molar-refractivity contribution in [3.05, 3.63) is 23.8 Å². The van der Waals surface area contributed by atoms with E-state index in [0.717, 1.165) is 23.1 Å². The molecule has 2 rings (SSSR count). The van der Waals surface area contributed by atoms with Crippen LogP contribution in [-0.4, -0.2) is 33.5 Å². The fourth-order valence-electron chi connectivity index (χ4n) is 1.47. The third-order valence-corrected chi connectivity index (χ3v) is 3.25. The van der Waals surface area contributed by atoms with Gasteiger partial charge in [0.2, 0.25) is 5.91 Å². The predicted octanol–water partition coefficient (Wildman–Crippen LogP) is 0.0637. The number of thioether (sulfide) groups is 1. The van der Waals surface area contributed by atoms with Gasteiger partial charge in [-0.2, -0.15) is 0 Å². The van der Waals surface area contributed by atoms with Crippen LogP contribution >= 0.6 is 11.8 Å². The lowest BCUT2D eigenvalue weighted by Crippen LogP contribution is -2.41. The molecule has 5 nitrogen and oxygen atoms in total. The average Bonchev–Trinajstić information content (AvgIpc) is 2.79. The summed E-state index contributed by atoms with van der Waals surface area (Å²) in [7, 11) is 0. The SMILES string of the molecule is Cc1nccc(CNC(=O)C2CSCN2)n1. The Hall–Kier alpha value is -1.14. The molecule has 1 aromatic rings. The van der Waals surface area contributed by atoms with E-state index in [-0.39, 0.29) is 11.9 Å². The normalized spacial score (nSPS) is 19.7. The number of aromatic nitrogens is 2. The number of carbonyl (C=O) groups is 1. The van der Waals surface area contributed by atoms with E-state index in [2.05, 4.69) is 20.6 Å². The van der Waals surface area contributed by atoms with Crippen molar-refractivity contribution in [2.24, 2.45) is 0 Å². The highest BCUT2D eigenvalue weighted by atomic mass is 32.2. The van der Waals surface area contributed by atoms with Crippen LogP contribution < -0.4 is 10.6 Å². The summed E-state index contributed by atoms with van der Waals surface area (Å²) in [4.78, 5) is 19.9. The molecular weight excluding hydrogens is 224 g/mol. The average molecular weight is 238 g/mol. The molecular formula is C10H14N4OS. The molecule has 0 aliphatic carbocycles. The number of carbonyl (C=O) groups excluding carboxylic acids is 1. The molecule has 1 fully saturated rings. The number of nitrogens with one attached hydrogen (secondary N) is 2. The van der Waals surface area contributed by atoms with E-state index in [9.17, 15) is 4.79 Å². The van der Waals surface area contributed by atoms with Gasteiger partial charge in [-0.15, -0.1) is 11.8 Å². The molecule has 1 aliphatic heterocycles.